The lowest BCUT2D eigenvalue weighted by Crippen LogP contribution is -2.43. The molecule has 0 amide bonds. The van der Waals surface area contributed by atoms with Crippen LogP contribution in [0.1, 0.15) is 31.2 Å². The van der Waals surface area contributed by atoms with E-state index in [1.165, 1.54) is 0 Å². The Labute approximate surface area is 99.0 Å². The first-order valence-corrected chi connectivity index (χ1v) is 5.61. The molecule has 1 aliphatic rings. The van der Waals surface area contributed by atoms with Gasteiger partial charge in [-0.15, -0.1) is 0 Å². The van der Waals surface area contributed by atoms with E-state index >= 15 is 0 Å². The van der Waals surface area contributed by atoms with Crippen molar-refractivity contribution in [1.82, 2.24) is 4.98 Å². The number of pyridine rings is 1. The average molecular weight is 242 g/mol. The van der Waals surface area contributed by atoms with Gasteiger partial charge in [-0.3, -0.25) is 4.98 Å². The minimum absolute atomic E-state index is 0.166. The van der Waals surface area contributed by atoms with Crippen molar-refractivity contribution in [2.75, 3.05) is 7.11 Å². The predicted molar refractivity (Wildman–Crippen MR) is 60.1 cm³/mol. The molecule has 1 fully saturated rings. The maximum atomic E-state index is 13.1. The van der Waals surface area contributed by atoms with E-state index in [1.807, 2.05) is 0 Å². The summed E-state index contributed by atoms with van der Waals surface area (Å²) in [6.45, 7) is 0. The second-order valence-corrected chi connectivity index (χ2v) is 4.63. The minimum Gasteiger partial charge on any atom is -0.495 e. The van der Waals surface area contributed by atoms with E-state index in [9.17, 15) is 8.78 Å². The van der Waals surface area contributed by atoms with Crippen LogP contribution < -0.4 is 10.5 Å². The van der Waals surface area contributed by atoms with Crippen LogP contribution in [0.15, 0.2) is 18.5 Å². The Hall–Kier alpha value is -1.23. The van der Waals surface area contributed by atoms with Gasteiger partial charge < -0.3 is 10.5 Å². The van der Waals surface area contributed by atoms with Gasteiger partial charge in [-0.2, -0.15) is 0 Å². The lowest BCUT2D eigenvalue weighted by atomic mass is 9.76. The Morgan fingerprint density at radius 1 is 1.24 bits per heavy atom. The fraction of sp³-hybridized carbons (Fsp3) is 0.583. The van der Waals surface area contributed by atoms with Gasteiger partial charge in [-0.05, 0) is 24.5 Å². The molecule has 0 saturated heterocycles. The number of methoxy groups -OCH3 is 1. The summed E-state index contributed by atoms with van der Waals surface area (Å²) in [7, 11) is 1.54. The summed E-state index contributed by atoms with van der Waals surface area (Å²) in [5.74, 6) is -1.97. The zero-order valence-corrected chi connectivity index (χ0v) is 9.75. The number of nitrogens with zero attached hydrogens (tertiary/aromatic N) is 1. The van der Waals surface area contributed by atoms with Gasteiger partial charge in [0.1, 0.15) is 5.75 Å². The molecule has 3 nitrogen and oxygen atoms in total. The molecule has 0 atom stereocenters. The topological polar surface area (TPSA) is 48.1 Å². The fourth-order valence-corrected chi connectivity index (χ4v) is 2.15. The van der Waals surface area contributed by atoms with Gasteiger partial charge in [0, 0.05) is 24.6 Å². The zero-order valence-electron chi connectivity index (χ0n) is 9.75. The standard InChI is InChI=1S/C12H16F2N2O/c1-17-10-6-9(7-16-8-10)11(15)2-4-12(13,14)5-3-11/h6-8H,2-5,15H2,1H3. The number of hydrogen-bond donors (Lipinski definition) is 1. The van der Waals surface area contributed by atoms with E-state index < -0.39 is 11.5 Å². The first-order valence-electron chi connectivity index (χ1n) is 5.61. The second-order valence-electron chi connectivity index (χ2n) is 4.63. The normalized spacial score (nSPS) is 22.1. The van der Waals surface area contributed by atoms with E-state index in [4.69, 9.17) is 10.5 Å². The van der Waals surface area contributed by atoms with Crippen LogP contribution in [-0.4, -0.2) is 18.0 Å². The monoisotopic (exact) mass is 242 g/mol. The summed E-state index contributed by atoms with van der Waals surface area (Å²) in [5, 5.41) is 0. The lowest BCUT2D eigenvalue weighted by molar-refractivity contribution is -0.0514. The van der Waals surface area contributed by atoms with Gasteiger partial charge in [0.05, 0.1) is 13.3 Å². The van der Waals surface area contributed by atoms with E-state index in [-0.39, 0.29) is 25.7 Å². The van der Waals surface area contributed by atoms with E-state index in [2.05, 4.69) is 4.98 Å². The van der Waals surface area contributed by atoms with E-state index in [0.717, 1.165) is 5.56 Å². The number of halogens is 2. The molecule has 1 heterocycles. The highest BCUT2D eigenvalue weighted by Crippen LogP contribution is 2.42. The number of rotatable bonds is 2. The summed E-state index contributed by atoms with van der Waals surface area (Å²) < 4.78 is 31.3. The number of ether oxygens (including phenoxy) is 1. The summed E-state index contributed by atoms with van der Waals surface area (Å²) in [4.78, 5) is 4.02. The summed E-state index contributed by atoms with van der Waals surface area (Å²) in [5.41, 5.74) is 6.26. The molecule has 94 valence electrons. The molecule has 0 radical (unpaired) electrons. The summed E-state index contributed by atoms with van der Waals surface area (Å²) in [6.07, 6.45) is 3.42. The fourth-order valence-electron chi connectivity index (χ4n) is 2.15. The predicted octanol–water partition coefficient (Wildman–Crippen LogP) is 2.45. The first kappa shape index (κ1) is 12.2. The molecular weight excluding hydrogens is 226 g/mol. The Morgan fingerprint density at radius 2 is 1.88 bits per heavy atom. The Morgan fingerprint density at radius 3 is 2.47 bits per heavy atom. The smallest absolute Gasteiger partial charge is 0.248 e. The SMILES string of the molecule is COc1cncc(C2(N)CCC(F)(F)CC2)c1. The third-order valence-corrected chi connectivity index (χ3v) is 3.40. The van der Waals surface area contributed by atoms with E-state index in [0.29, 0.717) is 5.75 Å². The van der Waals surface area contributed by atoms with Crippen molar-refractivity contribution in [2.24, 2.45) is 5.73 Å². The molecule has 0 spiro atoms. The number of alkyl halides is 2. The van der Waals surface area contributed by atoms with Gasteiger partial charge in [0.15, 0.2) is 0 Å². The first-order chi connectivity index (χ1) is 7.95. The van der Waals surface area contributed by atoms with Crippen molar-refractivity contribution in [3.8, 4) is 5.75 Å². The third kappa shape index (κ3) is 2.54. The van der Waals surface area contributed by atoms with Crippen molar-refractivity contribution in [3.63, 3.8) is 0 Å². The van der Waals surface area contributed by atoms with Crippen LogP contribution in [0, 0.1) is 0 Å². The van der Waals surface area contributed by atoms with Crippen LogP contribution in [0.5, 0.6) is 5.75 Å². The molecule has 17 heavy (non-hydrogen) atoms. The molecule has 0 bridgehead atoms. The van der Waals surface area contributed by atoms with Crippen molar-refractivity contribution in [2.45, 2.75) is 37.1 Å². The van der Waals surface area contributed by atoms with Crippen LogP contribution in [0.3, 0.4) is 0 Å². The summed E-state index contributed by atoms with van der Waals surface area (Å²) in [6, 6.07) is 1.77. The van der Waals surface area contributed by atoms with Gasteiger partial charge >= 0.3 is 0 Å². The largest absolute Gasteiger partial charge is 0.495 e. The Kier molecular flexibility index (Phi) is 3.03. The van der Waals surface area contributed by atoms with Crippen LogP contribution in [-0.2, 0) is 5.54 Å². The average Bonchev–Trinajstić information content (AvgIpc) is 2.33. The third-order valence-electron chi connectivity index (χ3n) is 3.40. The van der Waals surface area contributed by atoms with Gasteiger partial charge in [0.25, 0.3) is 0 Å². The van der Waals surface area contributed by atoms with Crippen molar-refractivity contribution in [3.05, 3.63) is 24.0 Å². The van der Waals surface area contributed by atoms with Gasteiger partial charge in [-0.25, -0.2) is 8.78 Å². The maximum absolute atomic E-state index is 13.1. The maximum Gasteiger partial charge on any atom is 0.248 e. The summed E-state index contributed by atoms with van der Waals surface area (Å²) >= 11 is 0. The highest BCUT2D eigenvalue weighted by atomic mass is 19.3. The Balaban J connectivity index is 2.21. The lowest BCUT2D eigenvalue weighted by Gasteiger charge is -2.37. The molecule has 0 aromatic carbocycles. The number of hydrogen-bond acceptors (Lipinski definition) is 3. The van der Waals surface area contributed by atoms with Crippen LogP contribution >= 0.6 is 0 Å². The molecule has 1 aromatic rings. The molecular formula is C12H16F2N2O. The van der Waals surface area contributed by atoms with Crippen LogP contribution in [0.2, 0.25) is 0 Å². The van der Waals surface area contributed by atoms with E-state index in [1.54, 1.807) is 25.6 Å². The zero-order chi connectivity index (χ0) is 12.5. The molecule has 2 rings (SSSR count). The van der Waals surface area contributed by atoms with Gasteiger partial charge in [0.2, 0.25) is 5.92 Å². The van der Waals surface area contributed by atoms with Crippen LogP contribution in [0.4, 0.5) is 8.78 Å². The molecule has 0 unspecified atom stereocenters. The van der Waals surface area contributed by atoms with Crippen molar-refractivity contribution < 1.29 is 13.5 Å². The number of nitrogens with two attached hydrogens (primary N) is 1. The van der Waals surface area contributed by atoms with Crippen molar-refractivity contribution >= 4 is 0 Å². The minimum atomic E-state index is -2.57. The highest BCUT2D eigenvalue weighted by molar-refractivity contribution is 5.29. The molecule has 0 aliphatic heterocycles. The molecule has 1 aliphatic carbocycles. The molecule has 5 heteroatoms. The molecule has 1 saturated carbocycles. The molecule has 1 aromatic heterocycles. The second kappa shape index (κ2) is 4.22. The van der Waals surface area contributed by atoms with Gasteiger partial charge in [-0.1, -0.05) is 0 Å². The Bertz CT molecular complexity index is 399. The van der Waals surface area contributed by atoms with Crippen LogP contribution in [0.25, 0.3) is 0 Å². The van der Waals surface area contributed by atoms with Crippen molar-refractivity contribution in [1.29, 1.82) is 0 Å². The quantitative estimate of drug-likeness (QED) is 0.866. The molecule has 2 N–H and O–H groups in total. The highest BCUT2D eigenvalue weighted by Gasteiger charge is 2.42. The number of aromatic nitrogens is 1.